The third-order valence-corrected chi connectivity index (χ3v) is 4.87. The van der Waals surface area contributed by atoms with Crippen molar-refractivity contribution >= 4 is 21.7 Å². The number of aromatic carboxylic acids is 1. The molecule has 0 spiro atoms. The maximum Gasteiger partial charge on any atom is 0.335 e. The lowest BCUT2D eigenvalue weighted by Gasteiger charge is -2.13. The van der Waals surface area contributed by atoms with Crippen molar-refractivity contribution in [2.45, 2.75) is 25.2 Å². The number of benzene rings is 2. The summed E-state index contributed by atoms with van der Waals surface area (Å²) in [5, 5.41) is 9.02. The molecule has 0 aliphatic rings. The summed E-state index contributed by atoms with van der Waals surface area (Å²) in [7, 11) is -3.85. The number of carbonyl (C=O) groups is 1. The van der Waals surface area contributed by atoms with Crippen LogP contribution in [0, 0.1) is 6.92 Å². The number of anilines is 1. The Morgan fingerprint density at radius 1 is 1.18 bits per heavy atom. The second-order valence-corrected chi connectivity index (χ2v) is 6.55. The van der Waals surface area contributed by atoms with E-state index < -0.39 is 16.0 Å². The van der Waals surface area contributed by atoms with Crippen molar-refractivity contribution in [3.05, 3.63) is 59.2 Å². The molecular formula is C16H17NO4S. The molecule has 0 unspecified atom stereocenters. The van der Waals surface area contributed by atoms with Crippen molar-refractivity contribution in [1.82, 2.24) is 0 Å². The first-order valence-corrected chi connectivity index (χ1v) is 8.28. The van der Waals surface area contributed by atoms with E-state index in [2.05, 4.69) is 4.72 Å². The summed E-state index contributed by atoms with van der Waals surface area (Å²) in [6.45, 7) is 3.56. The van der Waals surface area contributed by atoms with Gasteiger partial charge in [-0.1, -0.05) is 31.2 Å². The monoisotopic (exact) mass is 319 g/mol. The first-order valence-electron chi connectivity index (χ1n) is 6.80. The van der Waals surface area contributed by atoms with Crippen LogP contribution in [0.2, 0.25) is 0 Å². The average molecular weight is 319 g/mol. The maximum absolute atomic E-state index is 12.6. The highest BCUT2D eigenvalue weighted by Gasteiger charge is 2.20. The fourth-order valence-electron chi connectivity index (χ4n) is 2.15. The Kier molecular flexibility index (Phi) is 4.51. The lowest BCUT2D eigenvalue weighted by molar-refractivity contribution is 0.0696. The van der Waals surface area contributed by atoms with E-state index >= 15 is 0 Å². The SMILES string of the molecule is CCc1ccccc1NS(=O)(=O)c1cc(C(=O)O)ccc1C. The lowest BCUT2D eigenvalue weighted by Crippen LogP contribution is -2.16. The normalized spacial score (nSPS) is 11.2. The van der Waals surface area contributed by atoms with Gasteiger partial charge in [0.15, 0.2) is 0 Å². The summed E-state index contributed by atoms with van der Waals surface area (Å²) in [6.07, 6.45) is 0.687. The Bertz CT molecular complexity index is 813. The standard InChI is InChI=1S/C16H17NO4S/c1-3-12-6-4-5-7-14(12)17-22(20,21)15-10-13(16(18)19)9-8-11(15)2/h4-10,17H,3H2,1-2H3,(H,18,19). The molecule has 2 N–H and O–H groups in total. The fourth-order valence-corrected chi connectivity index (χ4v) is 3.52. The molecule has 0 atom stereocenters. The fraction of sp³-hybridized carbons (Fsp3) is 0.188. The number of sulfonamides is 1. The molecule has 0 fully saturated rings. The topological polar surface area (TPSA) is 83.5 Å². The van der Waals surface area contributed by atoms with E-state index in [1.165, 1.54) is 18.2 Å². The van der Waals surface area contributed by atoms with Crippen LogP contribution in [0.3, 0.4) is 0 Å². The van der Waals surface area contributed by atoms with E-state index in [0.717, 1.165) is 5.56 Å². The zero-order valence-corrected chi connectivity index (χ0v) is 13.1. The largest absolute Gasteiger partial charge is 0.478 e. The summed E-state index contributed by atoms with van der Waals surface area (Å²) in [5.74, 6) is -1.16. The molecule has 0 bridgehead atoms. The van der Waals surface area contributed by atoms with E-state index in [0.29, 0.717) is 17.7 Å². The summed E-state index contributed by atoms with van der Waals surface area (Å²) >= 11 is 0. The molecule has 2 rings (SSSR count). The van der Waals surface area contributed by atoms with Gasteiger partial charge in [-0.25, -0.2) is 13.2 Å². The van der Waals surface area contributed by atoms with Gasteiger partial charge in [0, 0.05) is 0 Å². The summed E-state index contributed by atoms with van der Waals surface area (Å²) in [4.78, 5) is 11.0. The molecule has 2 aromatic rings. The molecule has 0 radical (unpaired) electrons. The molecule has 0 aliphatic carbocycles. The van der Waals surface area contributed by atoms with Gasteiger partial charge in [-0.15, -0.1) is 0 Å². The molecule has 0 aliphatic heterocycles. The van der Waals surface area contributed by atoms with Crippen LogP contribution in [0.1, 0.15) is 28.4 Å². The number of carboxylic acid groups (broad SMARTS) is 1. The molecule has 0 aromatic heterocycles. The Morgan fingerprint density at radius 3 is 2.50 bits per heavy atom. The van der Waals surface area contributed by atoms with Gasteiger partial charge < -0.3 is 5.11 Å². The Hall–Kier alpha value is -2.34. The number of aryl methyl sites for hydroxylation is 2. The van der Waals surface area contributed by atoms with Gasteiger partial charge in [-0.05, 0) is 42.7 Å². The average Bonchev–Trinajstić information content (AvgIpc) is 2.47. The quantitative estimate of drug-likeness (QED) is 0.887. The van der Waals surface area contributed by atoms with E-state index in [1.807, 2.05) is 19.1 Å². The van der Waals surface area contributed by atoms with Crippen LogP contribution in [0.15, 0.2) is 47.4 Å². The molecular weight excluding hydrogens is 302 g/mol. The van der Waals surface area contributed by atoms with Crippen molar-refractivity contribution < 1.29 is 18.3 Å². The molecule has 22 heavy (non-hydrogen) atoms. The minimum Gasteiger partial charge on any atom is -0.478 e. The zero-order chi connectivity index (χ0) is 16.3. The predicted molar refractivity (Wildman–Crippen MR) is 84.8 cm³/mol. The number of hydrogen-bond donors (Lipinski definition) is 2. The molecule has 0 saturated heterocycles. The van der Waals surface area contributed by atoms with Crippen molar-refractivity contribution in [2.75, 3.05) is 4.72 Å². The molecule has 0 saturated carbocycles. The Labute approximate surface area is 129 Å². The van der Waals surface area contributed by atoms with E-state index in [-0.39, 0.29) is 10.5 Å². The van der Waals surface area contributed by atoms with Crippen LogP contribution in [-0.2, 0) is 16.4 Å². The Balaban J connectivity index is 2.47. The van der Waals surface area contributed by atoms with Crippen LogP contribution in [-0.4, -0.2) is 19.5 Å². The molecule has 116 valence electrons. The lowest BCUT2D eigenvalue weighted by atomic mass is 10.1. The second-order valence-electron chi connectivity index (χ2n) is 4.90. The summed E-state index contributed by atoms with van der Waals surface area (Å²) in [5.41, 5.74) is 1.81. The van der Waals surface area contributed by atoms with Crippen molar-refractivity contribution in [3.63, 3.8) is 0 Å². The van der Waals surface area contributed by atoms with Gasteiger partial charge in [-0.2, -0.15) is 0 Å². The number of para-hydroxylation sites is 1. The summed E-state index contributed by atoms with van der Waals surface area (Å²) in [6, 6.07) is 11.2. The number of hydrogen-bond acceptors (Lipinski definition) is 3. The molecule has 6 heteroatoms. The molecule has 0 amide bonds. The van der Waals surface area contributed by atoms with Crippen LogP contribution >= 0.6 is 0 Å². The number of rotatable bonds is 5. The molecule has 5 nitrogen and oxygen atoms in total. The highest BCUT2D eigenvalue weighted by atomic mass is 32.2. The number of carboxylic acids is 1. The van der Waals surface area contributed by atoms with E-state index in [1.54, 1.807) is 19.1 Å². The van der Waals surface area contributed by atoms with Gasteiger partial charge in [-0.3, -0.25) is 4.72 Å². The van der Waals surface area contributed by atoms with Gasteiger partial charge in [0.2, 0.25) is 0 Å². The van der Waals surface area contributed by atoms with Crippen LogP contribution < -0.4 is 4.72 Å². The minimum absolute atomic E-state index is 0.0293. The third kappa shape index (κ3) is 3.28. The number of nitrogens with one attached hydrogen (secondary N) is 1. The molecule has 2 aromatic carbocycles. The smallest absolute Gasteiger partial charge is 0.335 e. The van der Waals surface area contributed by atoms with E-state index in [9.17, 15) is 13.2 Å². The van der Waals surface area contributed by atoms with Gasteiger partial charge in [0.05, 0.1) is 16.1 Å². The van der Waals surface area contributed by atoms with Crippen LogP contribution in [0.4, 0.5) is 5.69 Å². The van der Waals surface area contributed by atoms with Crippen molar-refractivity contribution in [1.29, 1.82) is 0 Å². The van der Waals surface area contributed by atoms with Crippen LogP contribution in [0.5, 0.6) is 0 Å². The highest BCUT2D eigenvalue weighted by Crippen LogP contribution is 2.23. The van der Waals surface area contributed by atoms with Gasteiger partial charge in [0.1, 0.15) is 0 Å². The van der Waals surface area contributed by atoms with Crippen molar-refractivity contribution in [2.24, 2.45) is 0 Å². The maximum atomic E-state index is 12.6. The molecule has 0 heterocycles. The first-order chi connectivity index (χ1) is 10.3. The minimum atomic E-state index is -3.85. The highest BCUT2D eigenvalue weighted by molar-refractivity contribution is 7.92. The Morgan fingerprint density at radius 2 is 1.86 bits per heavy atom. The summed E-state index contributed by atoms with van der Waals surface area (Å²) < 4.78 is 27.7. The predicted octanol–water partition coefficient (Wildman–Crippen LogP) is 3.06. The second kappa shape index (κ2) is 6.19. The third-order valence-electron chi connectivity index (χ3n) is 3.37. The van der Waals surface area contributed by atoms with Gasteiger partial charge >= 0.3 is 5.97 Å². The van der Waals surface area contributed by atoms with Crippen LogP contribution in [0.25, 0.3) is 0 Å². The van der Waals surface area contributed by atoms with Gasteiger partial charge in [0.25, 0.3) is 10.0 Å². The van der Waals surface area contributed by atoms with E-state index in [4.69, 9.17) is 5.11 Å². The van der Waals surface area contributed by atoms with Crippen molar-refractivity contribution in [3.8, 4) is 0 Å². The zero-order valence-electron chi connectivity index (χ0n) is 12.3. The first kappa shape index (κ1) is 16.0.